The van der Waals surface area contributed by atoms with Crippen LogP contribution in [0, 0.1) is 5.92 Å². The van der Waals surface area contributed by atoms with E-state index in [9.17, 15) is 4.79 Å². The van der Waals surface area contributed by atoms with Gasteiger partial charge in [0.2, 0.25) is 11.8 Å². The van der Waals surface area contributed by atoms with E-state index < -0.39 is 0 Å². The summed E-state index contributed by atoms with van der Waals surface area (Å²) >= 11 is 0. The molecule has 3 rings (SSSR count). The van der Waals surface area contributed by atoms with E-state index >= 15 is 0 Å². The van der Waals surface area contributed by atoms with Crippen LogP contribution in [0.1, 0.15) is 25.7 Å². The summed E-state index contributed by atoms with van der Waals surface area (Å²) in [7, 11) is 0. The Morgan fingerprint density at radius 1 is 1.48 bits per heavy atom. The summed E-state index contributed by atoms with van der Waals surface area (Å²) in [5.41, 5.74) is 0.728. The second-order valence-corrected chi connectivity index (χ2v) is 5.50. The lowest BCUT2D eigenvalue weighted by Gasteiger charge is -2.12. The Morgan fingerprint density at radius 2 is 2.43 bits per heavy atom. The lowest BCUT2D eigenvalue weighted by molar-refractivity contribution is -0.116. The average Bonchev–Trinajstić information content (AvgIpc) is 3.12. The number of nitrogens with one attached hydrogen (secondary N) is 1. The molecule has 0 saturated carbocycles. The highest BCUT2D eigenvalue weighted by Crippen LogP contribution is 2.22. The molecule has 1 saturated heterocycles. The SMILES string of the molecule is O=C(C[C@@H]1C=CCC1)Nc1ccnc(O[C@@H]2CCOC2)c1. The van der Waals surface area contributed by atoms with Crippen molar-refractivity contribution >= 4 is 11.6 Å². The number of carbonyl (C=O) groups is 1. The fourth-order valence-corrected chi connectivity index (χ4v) is 2.64. The zero-order chi connectivity index (χ0) is 14.5. The van der Waals surface area contributed by atoms with Crippen LogP contribution in [0.3, 0.4) is 0 Å². The first kappa shape index (κ1) is 14.1. The predicted octanol–water partition coefficient (Wildman–Crippen LogP) is 2.54. The highest BCUT2D eigenvalue weighted by atomic mass is 16.5. The van der Waals surface area contributed by atoms with Gasteiger partial charge < -0.3 is 14.8 Å². The normalized spacial score (nSPS) is 24.2. The Hall–Kier alpha value is -1.88. The Morgan fingerprint density at radius 3 is 3.19 bits per heavy atom. The molecule has 1 aliphatic carbocycles. The van der Waals surface area contributed by atoms with Crippen molar-refractivity contribution < 1.29 is 14.3 Å². The summed E-state index contributed by atoms with van der Waals surface area (Å²) in [6.07, 6.45) is 9.54. The number of carbonyl (C=O) groups excluding carboxylic acids is 1. The van der Waals surface area contributed by atoms with E-state index in [1.807, 2.05) is 0 Å². The molecular weight excluding hydrogens is 268 g/mol. The summed E-state index contributed by atoms with van der Waals surface area (Å²) in [6, 6.07) is 3.54. The molecule has 0 unspecified atom stereocenters. The van der Waals surface area contributed by atoms with Crippen molar-refractivity contribution in [3.63, 3.8) is 0 Å². The second kappa shape index (κ2) is 6.72. The summed E-state index contributed by atoms with van der Waals surface area (Å²) in [4.78, 5) is 16.2. The molecule has 2 atom stereocenters. The van der Waals surface area contributed by atoms with Crippen LogP contribution in [-0.4, -0.2) is 30.2 Å². The van der Waals surface area contributed by atoms with Gasteiger partial charge in [-0.2, -0.15) is 0 Å². The molecule has 1 fully saturated rings. The molecule has 2 heterocycles. The van der Waals surface area contributed by atoms with Gasteiger partial charge in [0.05, 0.1) is 13.2 Å². The monoisotopic (exact) mass is 288 g/mol. The van der Waals surface area contributed by atoms with E-state index in [0.29, 0.717) is 24.8 Å². The number of ether oxygens (including phenoxy) is 2. The van der Waals surface area contributed by atoms with Gasteiger partial charge in [-0.05, 0) is 24.8 Å². The number of allylic oxidation sites excluding steroid dienone is 2. The molecule has 1 aliphatic heterocycles. The summed E-state index contributed by atoms with van der Waals surface area (Å²) in [5, 5.41) is 2.91. The molecule has 0 bridgehead atoms. The smallest absolute Gasteiger partial charge is 0.224 e. The Bertz CT molecular complexity index is 524. The average molecular weight is 288 g/mol. The highest BCUT2D eigenvalue weighted by molar-refractivity contribution is 5.91. The minimum absolute atomic E-state index is 0.0351. The van der Waals surface area contributed by atoms with Crippen LogP contribution >= 0.6 is 0 Å². The van der Waals surface area contributed by atoms with Gasteiger partial charge in [-0.25, -0.2) is 4.98 Å². The molecule has 1 N–H and O–H groups in total. The number of anilines is 1. The first-order chi connectivity index (χ1) is 10.3. The van der Waals surface area contributed by atoms with Gasteiger partial charge in [0.25, 0.3) is 0 Å². The van der Waals surface area contributed by atoms with E-state index in [1.165, 1.54) is 0 Å². The van der Waals surface area contributed by atoms with Crippen molar-refractivity contribution in [3.8, 4) is 5.88 Å². The van der Waals surface area contributed by atoms with Crippen LogP contribution < -0.4 is 10.1 Å². The maximum absolute atomic E-state index is 12.0. The van der Waals surface area contributed by atoms with E-state index in [0.717, 1.165) is 31.6 Å². The van der Waals surface area contributed by atoms with Gasteiger partial charge >= 0.3 is 0 Å². The van der Waals surface area contributed by atoms with Crippen LogP contribution in [0.25, 0.3) is 0 Å². The summed E-state index contributed by atoms with van der Waals surface area (Å²) < 4.78 is 11.0. The third kappa shape index (κ3) is 4.04. The number of aromatic nitrogens is 1. The Labute approximate surface area is 124 Å². The molecule has 1 aromatic rings. The second-order valence-electron chi connectivity index (χ2n) is 5.50. The molecule has 5 nitrogen and oxygen atoms in total. The maximum Gasteiger partial charge on any atom is 0.224 e. The molecule has 0 spiro atoms. The number of pyridine rings is 1. The first-order valence-electron chi connectivity index (χ1n) is 7.46. The lowest BCUT2D eigenvalue weighted by atomic mass is 10.1. The fourth-order valence-electron chi connectivity index (χ4n) is 2.64. The molecule has 1 amide bonds. The number of rotatable bonds is 5. The van der Waals surface area contributed by atoms with Crippen molar-refractivity contribution in [3.05, 3.63) is 30.5 Å². The topological polar surface area (TPSA) is 60.5 Å². The lowest BCUT2D eigenvalue weighted by Crippen LogP contribution is -2.17. The van der Waals surface area contributed by atoms with Crippen LogP contribution in [0.2, 0.25) is 0 Å². The van der Waals surface area contributed by atoms with Crippen molar-refractivity contribution in [2.24, 2.45) is 5.92 Å². The molecule has 5 heteroatoms. The van der Waals surface area contributed by atoms with E-state index in [-0.39, 0.29) is 12.0 Å². The number of hydrogen-bond acceptors (Lipinski definition) is 4. The molecule has 0 aromatic carbocycles. The van der Waals surface area contributed by atoms with Gasteiger partial charge in [0.1, 0.15) is 6.10 Å². The zero-order valence-electron chi connectivity index (χ0n) is 12.0. The van der Waals surface area contributed by atoms with Crippen LogP contribution in [0.4, 0.5) is 5.69 Å². The number of hydrogen-bond donors (Lipinski definition) is 1. The van der Waals surface area contributed by atoms with Crippen LogP contribution in [-0.2, 0) is 9.53 Å². The van der Waals surface area contributed by atoms with Crippen molar-refractivity contribution in [2.75, 3.05) is 18.5 Å². The predicted molar refractivity (Wildman–Crippen MR) is 79.2 cm³/mol. The van der Waals surface area contributed by atoms with E-state index in [2.05, 4.69) is 22.5 Å². The third-order valence-electron chi connectivity index (χ3n) is 3.75. The minimum atomic E-state index is 0.0351. The molecule has 21 heavy (non-hydrogen) atoms. The molecule has 2 aliphatic rings. The Balaban J connectivity index is 1.54. The number of nitrogens with zero attached hydrogens (tertiary/aromatic N) is 1. The molecule has 112 valence electrons. The zero-order valence-corrected chi connectivity index (χ0v) is 12.0. The Kier molecular flexibility index (Phi) is 4.50. The summed E-state index contributed by atoms with van der Waals surface area (Å²) in [5.74, 6) is 0.940. The molecule has 1 aromatic heterocycles. The number of amides is 1. The van der Waals surface area contributed by atoms with Gasteiger partial charge in [-0.1, -0.05) is 12.2 Å². The largest absolute Gasteiger partial charge is 0.472 e. The fraction of sp³-hybridized carbons (Fsp3) is 0.500. The van der Waals surface area contributed by atoms with Crippen LogP contribution in [0.15, 0.2) is 30.5 Å². The molecule has 0 radical (unpaired) electrons. The highest BCUT2D eigenvalue weighted by Gasteiger charge is 2.18. The van der Waals surface area contributed by atoms with Gasteiger partial charge in [0, 0.05) is 30.8 Å². The third-order valence-corrected chi connectivity index (χ3v) is 3.75. The van der Waals surface area contributed by atoms with Crippen molar-refractivity contribution in [1.82, 2.24) is 4.98 Å². The van der Waals surface area contributed by atoms with Crippen molar-refractivity contribution in [1.29, 1.82) is 0 Å². The molecular formula is C16H20N2O3. The van der Waals surface area contributed by atoms with Crippen molar-refractivity contribution in [2.45, 2.75) is 31.8 Å². The minimum Gasteiger partial charge on any atom is -0.472 e. The first-order valence-corrected chi connectivity index (χ1v) is 7.46. The van der Waals surface area contributed by atoms with E-state index in [1.54, 1.807) is 18.3 Å². The van der Waals surface area contributed by atoms with Gasteiger partial charge in [-0.15, -0.1) is 0 Å². The quantitative estimate of drug-likeness (QED) is 0.846. The maximum atomic E-state index is 12.0. The van der Waals surface area contributed by atoms with Gasteiger partial charge in [0.15, 0.2) is 0 Å². The van der Waals surface area contributed by atoms with Gasteiger partial charge in [-0.3, -0.25) is 4.79 Å². The van der Waals surface area contributed by atoms with Crippen LogP contribution in [0.5, 0.6) is 5.88 Å². The van der Waals surface area contributed by atoms with E-state index in [4.69, 9.17) is 9.47 Å². The standard InChI is InChI=1S/C16H20N2O3/c19-15(9-12-3-1-2-4-12)18-13-5-7-17-16(10-13)21-14-6-8-20-11-14/h1,3,5,7,10,12,14H,2,4,6,8-9,11H2,(H,17,18,19)/t12-,14-/m1/s1. The summed E-state index contributed by atoms with van der Waals surface area (Å²) in [6.45, 7) is 1.34.